The lowest BCUT2D eigenvalue weighted by Gasteiger charge is -2.16. The number of hydrogen-bond acceptors (Lipinski definition) is 3. The summed E-state index contributed by atoms with van der Waals surface area (Å²) in [5.41, 5.74) is 2.19. The molecular weight excluding hydrogens is 383 g/mol. The van der Waals surface area contributed by atoms with Crippen LogP contribution < -0.4 is 10.1 Å². The lowest BCUT2D eigenvalue weighted by atomic mass is 10.1. The van der Waals surface area contributed by atoms with E-state index < -0.39 is 0 Å². The normalized spacial score (nSPS) is 11.7. The Kier molecular flexibility index (Phi) is 5.99. The summed E-state index contributed by atoms with van der Waals surface area (Å²) in [6, 6.07) is 16.3. The van der Waals surface area contributed by atoms with E-state index in [1.165, 1.54) is 12.3 Å². The molecule has 1 aromatic heterocycles. The fourth-order valence-electron chi connectivity index (χ4n) is 2.64. The van der Waals surface area contributed by atoms with Gasteiger partial charge in [-0.2, -0.15) is 0 Å². The molecule has 3 rings (SSSR count). The van der Waals surface area contributed by atoms with Gasteiger partial charge < -0.3 is 10.1 Å². The van der Waals surface area contributed by atoms with Gasteiger partial charge in [0.05, 0.1) is 11.1 Å². The number of amides is 1. The predicted octanol–water partition coefficient (Wildman–Crippen LogP) is 5.98. The van der Waals surface area contributed by atoms with E-state index in [0.29, 0.717) is 15.8 Å². The number of halogens is 2. The minimum atomic E-state index is -0.324. The number of carbonyl (C=O) groups excluding carboxylic acids is 1. The summed E-state index contributed by atoms with van der Waals surface area (Å²) in [6.07, 6.45) is 1.44. The molecule has 0 aliphatic carbocycles. The first kappa shape index (κ1) is 19.2. The molecule has 0 unspecified atom stereocenters. The zero-order valence-corrected chi connectivity index (χ0v) is 16.4. The van der Waals surface area contributed by atoms with E-state index in [9.17, 15) is 4.79 Å². The van der Waals surface area contributed by atoms with Crippen LogP contribution in [-0.2, 0) is 0 Å². The standard InChI is InChI=1S/C21H18Cl2N2O2/c1-13-8-16(22)10-18(9-13)27-21-19(11-17(23)12-24-21)20(26)25-14(2)15-6-4-3-5-7-15/h3-12,14H,1-2H3,(H,25,26)/t14-/m0/s1. The maximum atomic E-state index is 12.8. The van der Waals surface area contributed by atoms with E-state index in [-0.39, 0.29) is 23.4 Å². The van der Waals surface area contributed by atoms with Crippen molar-refractivity contribution in [3.8, 4) is 11.6 Å². The average Bonchev–Trinajstić information content (AvgIpc) is 2.63. The van der Waals surface area contributed by atoms with Gasteiger partial charge in [0.25, 0.3) is 5.91 Å². The van der Waals surface area contributed by atoms with Crippen molar-refractivity contribution in [2.75, 3.05) is 0 Å². The maximum absolute atomic E-state index is 12.8. The predicted molar refractivity (Wildman–Crippen MR) is 108 cm³/mol. The zero-order valence-electron chi connectivity index (χ0n) is 14.9. The van der Waals surface area contributed by atoms with Gasteiger partial charge in [0.2, 0.25) is 5.88 Å². The summed E-state index contributed by atoms with van der Waals surface area (Å²) in [7, 11) is 0. The second-order valence-electron chi connectivity index (χ2n) is 6.18. The van der Waals surface area contributed by atoms with Gasteiger partial charge in [0.1, 0.15) is 11.3 Å². The molecule has 3 aromatic rings. The zero-order chi connectivity index (χ0) is 19.4. The van der Waals surface area contributed by atoms with Gasteiger partial charge in [-0.1, -0.05) is 53.5 Å². The molecule has 1 N–H and O–H groups in total. The van der Waals surface area contributed by atoms with Crippen LogP contribution in [0.15, 0.2) is 60.8 Å². The van der Waals surface area contributed by atoms with E-state index in [1.807, 2.05) is 56.3 Å². The lowest BCUT2D eigenvalue weighted by Crippen LogP contribution is -2.27. The first-order chi connectivity index (χ1) is 12.9. The van der Waals surface area contributed by atoms with Gasteiger partial charge in [-0.15, -0.1) is 0 Å². The molecule has 1 amide bonds. The number of nitrogens with one attached hydrogen (secondary N) is 1. The number of aryl methyl sites for hydroxylation is 1. The number of pyridine rings is 1. The van der Waals surface area contributed by atoms with Crippen molar-refractivity contribution in [3.05, 3.63) is 87.5 Å². The molecule has 0 spiro atoms. The summed E-state index contributed by atoms with van der Waals surface area (Å²) in [5.74, 6) is 0.342. The van der Waals surface area contributed by atoms with Crippen molar-refractivity contribution in [1.29, 1.82) is 0 Å². The lowest BCUT2D eigenvalue weighted by molar-refractivity contribution is 0.0937. The van der Waals surface area contributed by atoms with Crippen LogP contribution in [0.4, 0.5) is 0 Å². The molecule has 0 saturated heterocycles. The van der Waals surface area contributed by atoms with E-state index >= 15 is 0 Å². The minimum absolute atomic E-state index is 0.166. The van der Waals surface area contributed by atoms with Gasteiger partial charge in [-0.3, -0.25) is 4.79 Å². The third kappa shape index (κ3) is 5.00. The van der Waals surface area contributed by atoms with Crippen LogP contribution in [0.3, 0.4) is 0 Å². The molecule has 4 nitrogen and oxygen atoms in total. The molecule has 1 heterocycles. The fourth-order valence-corrected chi connectivity index (χ4v) is 3.08. The highest BCUT2D eigenvalue weighted by Crippen LogP contribution is 2.28. The van der Waals surface area contributed by atoms with Crippen LogP contribution in [0, 0.1) is 6.92 Å². The summed E-state index contributed by atoms with van der Waals surface area (Å²) in [6.45, 7) is 3.81. The van der Waals surface area contributed by atoms with Gasteiger partial charge in [-0.05, 0) is 49.2 Å². The van der Waals surface area contributed by atoms with Gasteiger partial charge in [0.15, 0.2) is 0 Å². The average molecular weight is 401 g/mol. The first-order valence-electron chi connectivity index (χ1n) is 8.39. The van der Waals surface area contributed by atoms with Crippen molar-refractivity contribution in [2.45, 2.75) is 19.9 Å². The highest BCUT2D eigenvalue weighted by atomic mass is 35.5. The second-order valence-corrected chi connectivity index (χ2v) is 7.05. The largest absolute Gasteiger partial charge is 0.438 e. The van der Waals surface area contributed by atoms with E-state index in [2.05, 4.69) is 10.3 Å². The monoisotopic (exact) mass is 400 g/mol. The summed E-state index contributed by atoms with van der Waals surface area (Å²) in [5, 5.41) is 3.84. The fraction of sp³-hybridized carbons (Fsp3) is 0.143. The number of carbonyl (C=O) groups is 1. The molecular formula is C21H18Cl2N2O2. The highest BCUT2D eigenvalue weighted by Gasteiger charge is 2.18. The Hall–Kier alpha value is -2.56. The second kappa shape index (κ2) is 8.42. The van der Waals surface area contributed by atoms with Crippen LogP contribution in [0.5, 0.6) is 11.6 Å². The maximum Gasteiger partial charge on any atom is 0.257 e. The SMILES string of the molecule is Cc1cc(Cl)cc(Oc2ncc(Cl)cc2C(=O)N[C@@H](C)c2ccccc2)c1. The third-order valence-electron chi connectivity index (χ3n) is 3.94. The Morgan fingerprint density at radius 1 is 1.07 bits per heavy atom. The van der Waals surface area contributed by atoms with Crippen molar-refractivity contribution in [3.63, 3.8) is 0 Å². The number of ether oxygens (including phenoxy) is 1. The topological polar surface area (TPSA) is 51.2 Å². The Labute approximate surface area is 168 Å². The molecule has 2 aromatic carbocycles. The molecule has 0 bridgehead atoms. The molecule has 0 aliphatic rings. The molecule has 6 heteroatoms. The Morgan fingerprint density at radius 3 is 2.52 bits per heavy atom. The quantitative estimate of drug-likeness (QED) is 0.572. The van der Waals surface area contributed by atoms with Crippen molar-refractivity contribution in [1.82, 2.24) is 10.3 Å². The molecule has 0 fully saturated rings. The minimum Gasteiger partial charge on any atom is -0.438 e. The Balaban J connectivity index is 1.86. The Morgan fingerprint density at radius 2 is 1.81 bits per heavy atom. The van der Waals surface area contributed by atoms with Crippen LogP contribution in [0.1, 0.15) is 34.5 Å². The third-order valence-corrected chi connectivity index (χ3v) is 4.36. The number of benzene rings is 2. The van der Waals surface area contributed by atoms with Crippen LogP contribution >= 0.6 is 23.2 Å². The summed E-state index contributed by atoms with van der Waals surface area (Å²) >= 11 is 12.1. The smallest absolute Gasteiger partial charge is 0.257 e. The van der Waals surface area contributed by atoms with E-state index in [4.69, 9.17) is 27.9 Å². The molecule has 27 heavy (non-hydrogen) atoms. The van der Waals surface area contributed by atoms with Crippen LogP contribution in [0.25, 0.3) is 0 Å². The van der Waals surface area contributed by atoms with Crippen LogP contribution in [0.2, 0.25) is 10.0 Å². The van der Waals surface area contributed by atoms with Crippen molar-refractivity contribution < 1.29 is 9.53 Å². The number of rotatable bonds is 5. The molecule has 0 saturated carbocycles. The van der Waals surface area contributed by atoms with Gasteiger partial charge in [-0.25, -0.2) is 4.98 Å². The highest BCUT2D eigenvalue weighted by molar-refractivity contribution is 6.31. The van der Waals surface area contributed by atoms with Crippen molar-refractivity contribution >= 4 is 29.1 Å². The Bertz CT molecular complexity index is 941. The van der Waals surface area contributed by atoms with Gasteiger partial charge in [0, 0.05) is 11.2 Å². The summed E-state index contributed by atoms with van der Waals surface area (Å²) in [4.78, 5) is 17.0. The van der Waals surface area contributed by atoms with E-state index in [1.54, 1.807) is 6.07 Å². The van der Waals surface area contributed by atoms with E-state index in [0.717, 1.165) is 11.1 Å². The number of aromatic nitrogens is 1. The number of nitrogens with zero attached hydrogens (tertiary/aromatic N) is 1. The first-order valence-corrected chi connectivity index (χ1v) is 9.14. The molecule has 1 atom stereocenters. The van der Waals surface area contributed by atoms with Crippen LogP contribution in [-0.4, -0.2) is 10.9 Å². The molecule has 0 aliphatic heterocycles. The number of hydrogen-bond donors (Lipinski definition) is 1. The summed E-state index contributed by atoms with van der Waals surface area (Å²) < 4.78 is 5.82. The molecule has 138 valence electrons. The van der Waals surface area contributed by atoms with Crippen molar-refractivity contribution in [2.24, 2.45) is 0 Å². The molecule has 0 radical (unpaired) electrons. The van der Waals surface area contributed by atoms with Gasteiger partial charge >= 0.3 is 0 Å².